The quantitative estimate of drug-likeness (QED) is 0.871. The first-order valence-electron chi connectivity index (χ1n) is 6.93. The maximum Gasteiger partial charge on any atom is 0.312 e. The van der Waals surface area contributed by atoms with Crippen LogP contribution in [0.3, 0.4) is 0 Å². The van der Waals surface area contributed by atoms with E-state index in [1.54, 1.807) is 11.0 Å². The molecule has 0 spiro atoms. The molecule has 2 aliphatic rings. The predicted octanol–water partition coefficient (Wildman–Crippen LogP) is 1.33. The van der Waals surface area contributed by atoms with Crippen molar-refractivity contribution in [2.45, 2.75) is 25.2 Å². The molecule has 1 atom stereocenters. The number of fused-ring (bicyclic) bond motifs is 1. The van der Waals surface area contributed by atoms with Crippen molar-refractivity contribution in [3.05, 3.63) is 29.8 Å². The number of carbonyl (C=O) groups is 2. The molecule has 20 heavy (non-hydrogen) atoms. The summed E-state index contributed by atoms with van der Waals surface area (Å²) in [5.74, 6) is -1.53. The molecule has 1 unspecified atom stereocenters. The molecule has 0 bridgehead atoms. The fourth-order valence-corrected chi connectivity index (χ4v) is 3.21. The molecule has 1 aliphatic heterocycles. The third kappa shape index (κ3) is 1.73. The minimum atomic E-state index is -0.886. The lowest BCUT2D eigenvalue weighted by molar-refractivity contribution is -0.138. The molecule has 0 aromatic heterocycles. The van der Waals surface area contributed by atoms with Gasteiger partial charge in [0.2, 0.25) is 5.91 Å². The van der Waals surface area contributed by atoms with Crippen LogP contribution >= 0.6 is 0 Å². The van der Waals surface area contributed by atoms with Gasteiger partial charge in [-0.25, -0.2) is 0 Å². The number of nitrogens with two attached hydrogens (primary N) is 1. The zero-order chi connectivity index (χ0) is 14.3. The summed E-state index contributed by atoms with van der Waals surface area (Å²) in [4.78, 5) is 25.8. The molecular weight excluding hydrogens is 256 g/mol. The fourth-order valence-electron chi connectivity index (χ4n) is 3.21. The molecule has 1 aromatic carbocycles. The number of aliphatic carboxylic acids is 1. The number of hydrogen-bond donors (Lipinski definition) is 2. The second-order valence-corrected chi connectivity index (χ2v) is 5.70. The van der Waals surface area contributed by atoms with Crippen molar-refractivity contribution < 1.29 is 14.7 Å². The minimum absolute atomic E-state index is 0.0116. The molecule has 3 rings (SSSR count). The summed E-state index contributed by atoms with van der Waals surface area (Å²) >= 11 is 0. The summed E-state index contributed by atoms with van der Waals surface area (Å²) in [7, 11) is 0. The average molecular weight is 274 g/mol. The van der Waals surface area contributed by atoms with Gasteiger partial charge < -0.3 is 15.7 Å². The topological polar surface area (TPSA) is 83.6 Å². The van der Waals surface area contributed by atoms with Gasteiger partial charge in [-0.1, -0.05) is 24.6 Å². The number of nitrogens with zero attached hydrogens (tertiary/aromatic N) is 1. The van der Waals surface area contributed by atoms with E-state index in [9.17, 15) is 14.7 Å². The van der Waals surface area contributed by atoms with E-state index in [1.807, 2.05) is 18.2 Å². The van der Waals surface area contributed by atoms with E-state index >= 15 is 0 Å². The molecular formula is C15H18N2O3. The number of benzene rings is 1. The van der Waals surface area contributed by atoms with Gasteiger partial charge in [-0.2, -0.15) is 0 Å². The highest BCUT2D eigenvalue weighted by Crippen LogP contribution is 2.45. The Kier molecular flexibility index (Phi) is 3.01. The van der Waals surface area contributed by atoms with Crippen LogP contribution in [-0.2, 0) is 9.59 Å². The summed E-state index contributed by atoms with van der Waals surface area (Å²) < 4.78 is 0. The molecule has 0 radical (unpaired) electrons. The van der Waals surface area contributed by atoms with E-state index in [2.05, 4.69) is 0 Å². The summed E-state index contributed by atoms with van der Waals surface area (Å²) in [5, 5.41) is 9.33. The molecule has 1 aromatic rings. The van der Waals surface area contributed by atoms with Crippen molar-refractivity contribution in [2.24, 2.45) is 11.1 Å². The van der Waals surface area contributed by atoms with Crippen molar-refractivity contribution in [1.29, 1.82) is 0 Å². The normalized spacial score (nSPS) is 23.1. The first-order chi connectivity index (χ1) is 9.59. The van der Waals surface area contributed by atoms with Gasteiger partial charge in [-0.05, 0) is 24.5 Å². The van der Waals surface area contributed by atoms with Crippen LogP contribution < -0.4 is 10.6 Å². The average Bonchev–Trinajstić information content (AvgIpc) is 2.77. The number of amides is 1. The van der Waals surface area contributed by atoms with Gasteiger partial charge in [0.15, 0.2) is 0 Å². The van der Waals surface area contributed by atoms with Crippen molar-refractivity contribution in [3.8, 4) is 0 Å². The van der Waals surface area contributed by atoms with E-state index < -0.39 is 17.3 Å². The van der Waals surface area contributed by atoms with Gasteiger partial charge >= 0.3 is 5.97 Å². The number of hydrogen-bond acceptors (Lipinski definition) is 3. The molecule has 1 fully saturated rings. The third-order valence-corrected chi connectivity index (χ3v) is 4.67. The number of carboxylic acid groups (broad SMARTS) is 1. The molecule has 106 valence electrons. The lowest BCUT2D eigenvalue weighted by Crippen LogP contribution is -2.52. The molecule has 5 nitrogen and oxygen atoms in total. The van der Waals surface area contributed by atoms with E-state index in [4.69, 9.17) is 5.73 Å². The Morgan fingerprint density at radius 1 is 1.35 bits per heavy atom. The van der Waals surface area contributed by atoms with Gasteiger partial charge in [0.05, 0.1) is 5.41 Å². The minimum Gasteiger partial charge on any atom is -0.481 e. The van der Waals surface area contributed by atoms with Gasteiger partial charge in [-0.3, -0.25) is 9.59 Å². The largest absolute Gasteiger partial charge is 0.481 e. The maximum absolute atomic E-state index is 12.8. The van der Waals surface area contributed by atoms with Crippen LogP contribution in [0.5, 0.6) is 0 Å². The van der Waals surface area contributed by atoms with Crippen LogP contribution in [0.15, 0.2) is 24.3 Å². The molecule has 5 heteroatoms. The van der Waals surface area contributed by atoms with E-state index in [-0.39, 0.29) is 12.5 Å². The monoisotopic (exact) mass is 274 g/mol. The Morgan fingerprint density at radius 3 is 2.60 bits per heavy atom. The van der Waals surface area contributed by atoms with Crippen LogP contribution in [0, 0.1) is 5.41 Å². The molecule has 0 saturated heterocycles. The number of para-hydroxylation sites is 1. The number of anilines is 1. The van der Waals surface area contributed by atoms with Gasteiger partial charge in [-0.15, -0.1) is 0 Å². The third-order valence-electron chi connectivity index (χ3n) is 4.67. The second kappa shape index (κ2) is 4.59. The van der Waals surface area contributed by atoms with Gasteiger partial charge in [0.25, 0.3) is 0 Å². The highest BCUT2D eigenvalue weighted by Gasteiger charge is 2.48. The zero-order valence-electron chi connectivity index (χ0n) is 11.2. The Labute approximate surface area is 117 Å². The Bertz CT molecular complexity index is 560. The maximum atomic E-state index is 12.8. The first kappa shape index (κ1) is 13.1. The van der Waals surface area contributed by atoms with Crippen molar-refractivity contribution in [3.63, 3.8) is 0 Å². The van der Waals surface area contributed by atoms with Crippen molar-refractivity contribution in [2.75, 3.05) is 18.0 Å². The summed E-state index contributed by atoms with van der Waals surface area (Å²) in [5.41, 5.74) is 6.76. The van der Waals surface area contributed by atoms with Crippen LogP contribution in [0.1, 0.15) is 30.7 Å². The van der Waals surface area contributed by atoms with E-state index in [0.29, 0.717) is 6.54 Å². The number of carbonyl (C=O) groups excluding carboxylic acids is 1. The van der Waals surface area contributed by atoms with Crippen LogP contribution in [-0.4, -0.2) is 30.1 Å². The van der Waals surface area contributed by atoms with Gasteiger partial charge in [0.1, 0.15) is 5.92 Å². The molecule has 1 saturated carbocycles. The summed E-state index contributed by atoms with van der Waals surface area (Å²) in [6.07, 6.45) is 2.62. The Balaban J connectivity index is 1.96. The number of rotatable bonds is 3. The van der Waals surface area contributed by atoms with E-state index in [0.717, 1.165) is 30.5 Å². The Morgan fingerprint density at radius 2 is 2.05 bits per heavy atom. The van der Waals surface area contributed by atoms with Crippen LogP contribution in [0.25, 0.3) is 0 Å². The molecule has 1 amide bonds. The van der Waals surface area contributed by atoms with E-state index in [1.165, 1.54) is 0 Å². The van der Waals surface area contributed by atoms with Crippen molar-refractivity contribution in [1.82, 2.24) is 0 Å². The number of carboxylic acids is 1. The SMILES string of the molecule is NCC1(C(=O)N2CC(C(=O)O)c3ccccc32)CCC1. The zero-order valence-corrected chi connectivity index (χ0v) is 11.2. The fraction of sp³-hybridized carbons (Fsp3) is 0.467. The molecule has 3 N–H and O–H groups in total. The Hall–Kier alpha value is -1.88. The summed E-state index contributed by atoms with van der Waals surface area (Å²) in [6, 6.07) is 7.25. The smallest absolute Gasteiger partial charge is 0.312 e. The van der Waals surface area contributed by atoms with Crippen LogP contribution in [0.2, 0.25) is 0 Å². The highest BCUT2D eigenvalue weighted by atomic mass is 16.4. The van der Waals surface area contributed by atoms with Crippen LogP contribution in [0.4, 0.5) is 5.69 Å². The van der Waals surface area contributed by atoms with Crippen molar-refractivity contribution >= 4 is 17.6 Å². The summed E-state index contributed by atoms with van der Waals surface area (Å²) in [6.45, 7) is 0.553. The second-order valence-electron chi connectivity index (χ2n) is 5.70. The molecule has 1 heterocycles. The lowest BCUT2D eigenvalue weighted by Gasteiger charge is -2.41. The van der Waals surface area contributed by atoms with Gasteiger partial charge in [0, 0.05) is 18.8 Å². The standard InChI is InChI=1S/C15H18N2O3/c16-9-15(6-3-7-15)14(20)17-8-11(13(18)19)10-4-1-2-5-12(10)17/h1-2,4-5,11H,3,6-9,16H2,(H,18,19). The first-order valence-corrected chi connectivity index (χ1v) is 6.93. The molecule has 1 aliphatic carbocycles. The predicted molar refractivity (Wildman–Crippen MR) is 74.5 cm³/mol. The lowest BCUT2D eigenvalue weighted by atomic mass is 9.68. The highest BCUT2D eigenvalue weighted by molar-refractivity contribution is 6.02.